The lowest BCUT2D eigenvalue weighted by Crippen LogP contribution is -2.50. The standard InChI is InChI=1S/C21H18F6N4O2/c22-20(23,24)18(21(25,26)27)33-19(32)31-9-7-15(8-10-31)29-17-6-2-5-16(30-17)14-4-1-3-13(11-14)12-28/h1-6,11,15,18H,7-10H2,(H,29,30). The van der Waals surface area contributed by atoms with Gasteiger partial charge < -0.3 is 15.0 Å². The SMILES string of the molecule is N#Cc1cccc(-c2cccc(NC3CCN(C(=O)OC(C(F)(F)F)C(F)(F)F)CC3)n2)c1. The van der Waals surface area contributed by atoms with E-state index in [4.69, 9.17) is 5.26 Å². The molecule has 0 radical (unpaired) electrons. The van der Waals surface area contributed by atoms with E-state index in [0.717, 1.165) is 10.5 Å². The van der Waals surface area contributed by atoms with Crippen LogP contribution in [-0.4, -0.2) is 53.6 Å². The number of hydrogen-bond donors (Lipinski definition) is 1. The lowest BCUT2D eigenvalue weighted by Gasteiger charge is -2.33. The van der Waals surface area contributed by atoms with Crippen LogP contribution in [0.3, 0.4) is 0 Å². The molecule has 0 bridgehead atoms. The third-order valence-corrected chi connectivity index (χ3v) is 4.95. The van der Waals surface area contributed by atoms with Crippen LogP contribution in [0.5, 0.6) is 0 Å². The highest BCUT2D eigenvalue weighted by Crippen LogP contribution is 2.36. The number of benzene rings is 1. The molecular formula is C21H18F6N4O2. The predicted molar refractivity (Wildman–Crippen MR) is 105 cm³/mol. The maximum Gasteiger partial charge on any atom is 0.434 e. The number of piperidine rings is 1. The Balaban J connectivity index is 1.58. The third-order valence-electron chi connectivity index (χ3n) is 4.95. The zero-order valence-electron chi connectivity index (χ0n) is 17.0. The molecule has 1 N–H and O–H groups in total. The zero-order valence-corrected chi connectivity index (χ0v) is 17.0. The van der Waals surface area contributed by atoms with Gasteiger partial charge in [-0.05, 0) is 37.1 Å². The summed E-state index contributed by atoms with van der Waals surface area (Å²) in [5.74, 6) is 0.505. The summed E-state index contributed by atoms with van der Waals surface area (Å²) in [4.78, 5) is 17.2. The molecule has 0 unspecified atom stereocenters. The molecule has 12 heteroatoms. The van der Waals surface area contributed by atoms with Crippen LogP contribution < -0.4 is 5.32 Å². The maximum absolute atomic E-state index is 12.6. The molecule has 1 fully saturated rings. The first-order chi connectivity index (χ1) is 15.5. The highest BCUT2D eigenvalue weighted by atomic mass is 19.4. The van der Waals surface area contributed by atoms with Gasteiger partial charge in [0.15, 0.2) is 0 Å². The molecule has 1 aromatic heterocycles. The van der Waals surface area contributed by atoms with Gasteiger partial charge in [-0.1, -0.05) is 18.2 Å². The van der Waals surface area contributed by atoms with Gasteiger partial charge in [0.2, 0.25) is 0 Å². The number of likely N-dealkylation sites (tertiary alicyclic amines) is 1. The number of ether oxygens (including phenoxy) is 1. The molecule has 6 nitrogen and oxygen atoms in total. The van der Waals surface area contributed by atoms with Crippen molar-refractivity contribution in [1.82, 2.24) is 9.88 Å². The molecule has 1 aromatic carbocycles. The number of amides is 1. The number of rotatable bonds is 4. The minimum atomic E-state index is -5.75. The van der Waals surface area contributed by atoms with E-state index in [2.05, 4.69) is 15.0 Å². The second-order valence-corrected chi connectivity index (χ2v) is 7.35. The minimum absolute atomic E-state index is 0.0805. The first kappa shape index (κ1) is 24.2. The molecule has 1 aliphatic heterocycles. The van der Waals surface area contributed by atoms with Crippen molar-refractivity contribution in [2.45, 2.75) is 37.3 Å². The average Bonchev–Trinajstić information content (AvgIpc) is 2.76. The average molecular weight is 472 g/mol. The van der Waals surface area contributed by atoms with Crippen molar-refractivity contribution in [1.29, 1.82) is 5.26 Å². The van der Waals surface area contributed by atoms with Crippen LogP contribution in [0.1, 0.15) is 18.4 Å². The van der Waals surface area contributed by atoms with Crippen LogP contribution in [0.15, 0.2) is 42.5 Å². The van der Waals surface area contributed by atoms with Crippen LogP contribution >= 0.6 is 0 Å². The molecule has 1 saturated heterocycles. The number of nitrogens with one attached hydrogen (secondary N) is 1. The summed E-state index contributed by atoms with van der Waals surface area (Å²) >= 11 is 0. The number of halogens is 6. The van der Waals surface area contributed by atoms with Gasteiger partial charge in [0.1, 0.15) is 5.82 Å². The minimum Gasteiger partial charge on any atom is -0.426 e. The van der Waals surface area contributed by atoms with Crippen LogP contribution in [0, 0.1) is 11.3 Å². The fraction of sp³-hybridized carbons (Fsp3) is 0.381. The zero-order chi connectivity index (χ0) is 24.2. The summed E-state index contributed by atoms with van der Waals surface area (Å²) in [6, 6.07) is 13.9. The van der Waals surface area contributed by atoms with Crippen LogP contribution in [0.4, 0.5) is 37.0 Å². The molecule has 1 amide bonds. The Morgan fingerprint density at radius 1 is 1.09 bits per heavy atom. The van der Waals surface area contributed by atoms with E-state index in [0.29, 0.717) is 17.1 Å². The molecule has 0 saturated carbocycles. The van der Waals surface area contributed by atoms with E-state index in [1.54, 1.807) is 42.5 Å². The second kappa shape index (κ2) is 9.56. The molecule has 0 spiro atoms. The molecule has 0 aliphatic carbocycles. The lowest BCUT2D eigenvalue weighted by atomic mass is 10.1. The summed E-state index contributed by atoms with van der Waals surface area (Å²) in [7, 11) is 0. The molecule has 2 heterocycles. The summed E-state index contributed by atoms with van der Waals surface area (Å²) in [5, 5.41) is 12.2. The maximum atomic E-state index is 12.6. The summed E-state index contributed by atoms with van der Waals surface area (Å²) in [6.45, 7) is -0.161. The Morgan fingerprint density at radius 2 is 1.73 bits per heavy atom. The van der Waals surface area contributed by atoms with Crippen molar-refractivity contribution in [3.63, 3.8) is 0 Å². The molecule has 33 heavy (non-hydrogen) atoms. The van der Waals surface area contributed by atoms with E-state index < -0.39 is 24.5 Å². The largest absolute Gasteiger partial charge is 0.434 e. The molecule has 176 valence electrons. The summed E-state index contributed by atoms with van der Waals surface area (Å²) in [5.41, 5.74) is 1.83. The van der Waals surface area contributed by atoms with Crippen molar-refractivity contribution in [2.24, 2.45) is 0 Å². The van der Waals surface area contributed by atoms with Crippen molar-refractivity contribution < 1.29 is 35.9 Å². The normalized spacial score (nSPS) is 15.3. The van der Waals surface area contributed by atoms with E-state index in [9.17, 15) is 31.1 Å². The number of alkyl halides is 6. The lowest BCUT2D eigenvalue weighted by molar-refractivity contribution is -0.308. The Bertz CT molecular complexity index is 1010. The number of anilines is 1. The van der Waals surface area contributed by atoms with Gasteiger partial charge in [0.05, 0.1) is 17.3 Å². The Labute approximate surface area is 184 Å². The quantitative estimate of drug-likeness (QED) is 0.625. The fourth-order valence-corrected chi connectivity index (χ4v) is 3.33. The van der Waals surface area contributed by atoms with Crippen LogP contribution in [0.2, 0.25) is 0 Å². The van der Waals surface area contributed by atoms with Gasteiger partial charge >= 0.3 is 18.4 Å². The smallest absolute Gasteiger partial charge is 0.426 e. The Hall–Kier alpha value is -3.49. The van der Waals surface area contributed by atoms with E-state index in [1.165, 1.54) is 0 Å². The van der Waals surface area contributed by atoms with E-state index in [1.807, 2.05) is 6.07 Å². The second-order valence-electron chi connectivity index (χ2n) is 7.35. The number of nitriles is 1. The Morgan fingerprint density at radius 3 is 2.33 bits per heavy atom. The highest BCUT2D eigenvalue weighted by molar-refractivity contribution is 5.68. The van der Waals surface area contributed by atoms with Gasteiger partial charge in [0, 0.05) is 24.7 Å². The van der Waals surface area contributed by atoms with Crippen molar-refractivity contribution in [2.75, 3.05) is 18.4 Å². The molecule has 1 aliphatic rings. The van der Waals surface area contributed by atoms with Crippen LogP contribution in [0.25, 0.3) is 11.3 Å². The predicted octanol–water partition coefficient (Wildman–Crippen LogP) is 5.13. The van der Waals surface area contributed by atoms with Gasteiger partial charge in [-0.15, -0.1) is 0 Å². The van der Waals surface area contributed by atoms with E-state index in [-0.39, 0.29) is 32.0 Å². The van der Waals surface area contributed by atoms with Crippen molar-refractivity contribution in [3.8, 4) is 17.3 Å². The number of hydrogen-bond acceptors (Lipinski definition) is 5. The van der Waals surface area contributed by atoms with Gasteiger partial charge in [-0.25, -0.2) is 9.78 Å². The topological polar surface area (TPSA) is 78.2 Å². The van der Waals surface area contributed by atoms with E-state index >= 15 is 0 Å². The number of carbonyl (C=O) groups is 1. The summed E-state index contributed by atoms with van der Waals surface area (Å²) < 4.78 is 79.3. The molecule has 2 aromatic rings. The van der Waals surface area contributed by atoms with Gasteiger partial charge in [0.25, 0.3) is 6.10 Å². The number of carbonyl (C=O) groups excluding carboxylic acids is 1. The molecule has 0 atom stereocenters. The van der Waals surface area contributed by atoms with Gasteiger partial charge in [-0.2, -0.15) is 31.6 Å². The fourth-order valence-electron chi connectivity index (χ4n) is 3.33. The van der Waals surface area contributed by atoms with Gasteiger partial charge in [-0.3, -0.25) is 0 Å². The number of pyridine rings is 1. The van der Waals surface area contributed by atoms with Crippen LogP contribution in [-0.2, 0) is 4.74 Å². The summed E-state index contributed by atoms with van der Waals surface area (Å²) in [6.07, 6.45) is -16.8. The first-order valence-corrected chi connectivity index (χ1v) is 9.80. The van der Waals surface area contributed by atoms with Crippen molar-refractivity contribution >= 4 is 11.9 Å². The third kappa shape index (κ3) is 6.27. The van der Waals surface area contributed by atoms with Crippen molar-refractivity contribution in [3.05, 3.63) is 48.0 Å². The highest BCUT2D eigenvalue weighted by Gasteiger charge is 2.60. The number of nitrogens with zero attached hydrogens (tertiary/aromatic N) is 3. The molecular weight excluding hydrogens is 454 g/mol. The molecule has 3 rings (SSSR count). The first-order valence-electron chi connectivity index (χ1n) is 9.80. The Kier molecular flexibility index (Phi) is 7.00. The number of aromatic nitrogens is 1. The monoisotopic (exact) mass is 472 g/mol.